The van der Waals surface area contributed by atoms with Gasteiger partial charge in [-0.3, -0.25) is 9.89 Å². The molecule has 0 amide bonds. The summed E-state index contributed by atoms with van der Waals surface area (Å²) in [5.74, 6) is 1.06. The first-order valence-corrected chi connectivity index (χ1v) is 8.08. The minimum Gasteiger partial charge on any atom is -0.356 e. The van der Waals surface area contributed by atoms with Gasteiger partial charge in [0, 0.05) is 26.2 Å². The maximum absolute atomic E-state index is 13.8. The molecular formula is C16H23ClFIN4. The minimum atomic E-state index is -0.342. The minimum absolute atomic E-state index is 0. The molecule has 1 aromatic carbocycles. The van der Waals surface area contributed by atoms with Crippen LogP contribution in [0.15, 0.2) is 23.2 Å². The standard InChI is InChI=1S/C16H22ClFN4.HI/c1-21-7-5-12(10-20-16-19-6-8-22(16)2)15(21)11-3-4-13(17)14(18)9-11;/h3-4,9,12,15H,5-8,10H2,1-2H3,(H,19,20);1H. The fourth-order valence-electron chi connectivity index (χ4n) is 3.41. The Morgan fingerprint density at radius 2 is 2.13 bits per heavy atom. The molecule has 2 heterocycles. The van der Waals surface area contributed by atoms with Crippen LogP contribution >= 0.6 is 35.6 Å². The second-order valence-corrected chi connectivity index (χ2v) is 6.56. The van der Waals surface area contributed by atoms with Crippen LogP contribution in [0.1, 0.15) is 18.0 Å². The summed E-state index contributed by atoms with van der Waals surface area (Å²) in [7, 11) is 4.14. The van der Waals surface area contributed by atoms with E-state index in [0.29, 0.717) is 5.92 Å². The Morgan fingerprint density at radius 1 is 1.35 bits per heavy atom. The van der Waals surface area contributed by atoms with Crippen LogP contribution in [0.2, 0.25) is 5.02 Å². The monoisotopic (exact) mass is 452 g/mol. The van der Waals surface area contributed by atoms with Crippen molar-refractivity contribution in [2.75, 3.05) is 40.3 Å². The number of nitrogens with one attached hydrogen (secondary N) is 1. The van der Waals surface area contributed by atoms with Gasteiger partial charge in [-0.25, -0.2) is 4.39 Å². The zero-order chi connectivity index (χ0) is 15.7. The van der Waals surface area contributed by atoms with Crippen molar-refractivity contribution in [2.24, 2.45) is 10.9 Å². The molecule has 0 saturated carbocycles. The number of halogens is 3. The lowest BCUT2D eigenvalue weighted by molar-refractivity contribution is 0.275. The first-order chi connectivity index (χ1) is 10.6. The van der Waals surface area contributed by atoms with Gasteiger partial charge in [-0.05, 0) is 43.6 Å². The summed E-state index contributed by atoms with van der Waals surface area (Å²) >= 11 is 5.80. The van der Waals surface area contributed by atoms with Crippen LogP contribution in [0.5, 0.6) is 0 Å². The molecule has 2 aliphatic rings. The molecule has 2 atom stereocenters. The highest BCUT2D eigenvalue weighted by Crippen LogP contribution is 2.36. The number of guanidine groups is 1. The third-order valence-electron chi connectivity index (χ3n) is 4.64. The smallest absolute Gasteiger partial charge is 0.193 e. The number of nitrogens with zero attached hydrogens (tertiary/aromatic N) is 3. The van der Waals surface area contributed by atoms with Crippen LogP contribution in [-0.4, -0.2) is 56.0 Å². The molecule has 128 valence electrons. The number of aliphatic imine (C=N–C) groups is 1. The molecule has 7 heteroatoms. The molecule has 2 aliphatic heterocycles. The van der Waals surface area contributed by atoms with E-state index in [2.05, 4.69) is 27.2 Å². The molecule has 0 bridgehead atoms. The van der Waals surface area contributed by atoms with Gasteiger partial charge in [0.2, 0.25) is 0 Å². The molecule has 4 nitrogen and oxygen atoms in total. The summed E-state index contributed by atoms with van der Waals surface area (Å²) in [5.41, 5.74) is 0.996. The van der Waals surface area contributed by atoms with Gasteiger partial charge in [0.05, 0.1) is 11.6 Å². The van der Waals surface area contributed by atoms with E-state index in [1.165, 1.54) is 0 Å². The SMILES string of the molecule is CN1CCN=C1NCC1CCN(C)C1c1ccc(Cl)c(F)c1.I. The van der Waals surface area contributed by atoms with E-state index in [1.807, 2.05) is 13.1 Å². The van der Waals surface area contributed by atoms with Gasteiger partial charge in [0.25, 0.3) is 0 Å². The van der Waals surface area contributed by atoms with E-state index in [-0.39, 0.29) is 40.9 Å². The molecular weight excluding hydrogens is 430 g/mol. The molecule has 1 N–H and O–H groups in total. The van der Waals surface area contributed by atoms with Crippen molar-refractivity contribution in [3.8, 4) is 0 Å². The molecule has 23 heavy (non-hydrogen) atoms. The van der Waals surface area contributed by atoms with Crippen molar-refractivity contribution in [1.29, 1.82) is 0 Å². The van der Waals surface area contributed by atoms with E-state index in [0.717, 1.165) is 44.1 Å². The van der Waals surface area contributed by atoms with E-state index < -0.39 is 0 Å². The zero-order valence-electron chi connectivity index (χ0n) is 13.4. The van der Waals surface area contributed by atoms with Gasteiger partial charge in [-0.15, -0.1) is 24.0 Å². The highest BCUT2D eigenvalue weighted by Gasteiger charge is 2.33. The number of likely N-dealkylation sites (N-methyl/N-ethyl adjacent to an activating group) is 1. The topological polar surface area (TPSA) is 30.9 Å². The molecule has 0 aromatic heterocycles. The molecule has 2 unspecified atom stereocenters. The Kier molecular flexibility index (Phi) is 6.50. The largest absolute Gasteiger partial charge is 0.356 e. The Labute approximate surface area is 159 Å². The van der Waals surface area contributed by atoms with Crippen molar-refractivity contribution in [3.63, 3.8) is 0 Å². The predicted molar refractivity (Wildman–Crippen MR) is 103 cm³/mol. The number of hydrogen-bond acceptors (Lipinski definition) is 4. The van der Waals surface area contributed by atoms with E-state index in [1.54, 1.807) is 12.1 Å². The second-order valence-electron chi connectivity index (χ2n) is 6.16. The van der Waals surface area contributed by atoms with E-state index in [4.69, 9.17) is 11.6 Å². The van der Waals surface area contributed by atoms with Gasteiger partial charge in [-0.1, -0.05) is 17.7 Å². The number of likely N-dealkylation sites (tertiary alicyclic amines) is 1. The Balaban J connectivity index is 0.00000192. The van der Waals surface area contributed by atoms with Gasteiger partial charge in [0.1, 0.15) is 5.82 Å². The van der Waals surface area contributed by atoms with Crippen LogP contribution in [0.4, 0.5) is 4.39 Å². The number of benzene rings is 1. The summed E-state index contributed by atoms with van der Waals surface area (Å²) in [5, 5.41) is 3.63. The third-order valence-corrected chi connectivity index (χ3v) is 4.95. The number of rotatable bonds is 3. The molecule has 1 fully saturated rings. The predicted octanol–water partition coefficient (Wildman–Crippen LogP) is 2.98. The van der Waals surface area contributed by atoms with Gasteiger partial charge >= 0.3 is 0 Å². The van der Waals surface area contributed by atoms with Crippen LogP contribution < -0.4 is 5.32 Å². The van der Waals surface area contributed by atoms with Gasteiger partial charge in [-0.2, -0.15) is 0 Å². The average Bonchev–Trinajstić information content (AvgIpc) is 3.06. The lowest BCUT2D eigenvalue weighted by Crippen LogP contribution is -2.39. The molecule has 0 radical (unpaired) electrons. The highest BCUT2D eigenvalue weighted by atomic mass is 127. The lowest BCUT2D eigenvalue weighted by Gasteiger charge is -2.27. The van der Waals surface area contributed by atoms with E-state index >= 15 is 0 Å². The molecule has 3 rings (SSSR count). The molecule has 0 aliphatic carbocycles. The third kappa shape index (κ3) is 4.09. The summed E-state index contributed by atoms with van der Waals surface area (Å²) in [6, 6.07) is 5.37. The van der Waals surface area contributed by atoms with Gasteiger partial charge in [0.15, 0.2) is 5.96 Å². The summed E-state index contributed by atoms with van der Waals surface area (Å²) in [4.78, 5) is 8.88. The highest BCUT2D eigenvalue weighted by molar-refractivity contribution is 14.0. The Bertz CT molecular complexity index is 583. The second kappa shape index (κ2) is 7.98. The van der Waals surface area contributed by atoms with E-state index in [9.17, 15) is 4.39 Å². The average molecular weight is 453 g/mol. The summed E-state index contributed by atoms with van der Waals surface area (Å²) < 4.78 is 13.8. The molecule has 0 spiro atoms. The van der Waals surface area contributed by atoms with Gasteiger partial charge < -0.3 is 10.2 Å². The van der Waals surface area contributed by atoms with Crippen LogP contribution in [0.25, 0.3) is 0 Å². The quantitative estimate of drug-likeness (QED) is 0.716. The maximum atomic E-state index is 13.8. The normalized spacial score (nSPS) is 24.5. The van der Waals surface area contributed by atoms with Crippen LogP contribution in [0.3, 0.4) is 0 Å². The summed E-state index contributed by atoms with van der Waals surface area (Å²) in [6.07, 6.45) is 1.09. The maximum Gasteiger partial charge on any atom is 0.193 e. The summed E-state index contributed by atoms with van der Waals surface area (Å²) in [6.45, 7) is 3.69. The fourth-order valence-corrected chi connectivity index (χ4v) is 3.53. The Hall–Kier alpha value is -0.600. The van der Waals surface area contributed by atoms with Crippen molar-refractivity contribution in [2.45, 2.75) is 12.5 Å². The number of hydrogen-bond donors (Lipinski definition) is 1. The van der Waals surface area contributed by atoms with Crippen molar-refractivity contribution < 1.29 is 4.39 Å². The van der Waals surface area contributed by atoms with Crippen molar-refractivity contribution >= 4 is 41.5 Å². The fraction of sp³-hybridized carbons (Fsp3) is 0.562. The molecule has 1 aromatic rings. The van der Waals surface area contributed by atoms with Crippen molar-refractivity contribution in [1.82, 2.24) is 15.1 Å². The molecule has 1 saturated heterocycles. The van der Waals surface area contributed by atoms with Crippen molar-refractivity contribution in [3.05, 3.63) is 34.6 Å². The first kappa shape index (κ1) is 18.7. The first-order valence-electron chi connectivity index (χ1n) is 7.71. The Morgan fingerprint density at radius 3 is 2.78 bits per heavy atom. The zero-order valence-corrected chi connectivity index (χ0v) is 16.5. The lowest BCUT2D eigenvalue weighted by atomic mass is 9.93. The van der Waals surface area contributed by atoms with Crippen LogP contribution in [0, 0.1) is 11.7 Å². The van der Waals surface area contributed by atoms with Crippen LogP contribution in [-0.2, 0) is 0 Å².